The summed E-state index contributed by atoms with van der Waals surface area (Å²) in [7, 11) is 6.50. The lowest BCUT2D eigenvalue weighted by Gasteiger charge is -2.41. The van der Waals surface area contributed by atoms with Crippen LogP contribution in [0.5, 0.6) is 0 Å². The quantitative estimate of drug-likeness (QED) is 0.596. The standard InChI is InChI=1S/C25H30FN5S/c1-29(2)12-6-7-18-16-31(14-13-30(18)3)24-23-19-8-4-5-9-22(19)32-25(23)28-21-15-17(26)10-11-20(21)27-24/h4-5,8-11,15,18,28H,6-7,12-14,16H2,1-3H3/t18-/m0/s1. The molecule has 0 spiro atoms. The van der Waals surface area contributed by atoms with Gasteiger partial charge in [0.25, 0.3) is 0 Å². The van der Waals surface area contributed by atoms with Crippen molar-refractivity contribution in [1.82, 2.24) is 14.7 Å². The third-order valence-corrected chi connectivity index (χ3v) is 7.56. The number of rotatable bonds is 4. The molecule has 1 N–H and O–H groups in total. The van der Waals surface area contributed by atoms with Gasteiger partial charge < -0.3 is 15.1 Å². The molecular weight excluding hydrogens is 421 g/mol. The predicted molar refractivity (Wildman–Crippen MR) is 133 cm³/mol. The molecule has 5 nitrogen and oxygen atoms in total. The first-order valence-electron chi connectivity index (χ1n) is 11.3. The number of halogens is 1. The van der Waals surface area contributed by atoms with Crippen molar-refractivity contribution in [2.75, 3.05) is 52.6 Å². The lowest BCUT2D eigenvalue weighted by molar-refractivity contribution is 0.130. The molecule has 0 unspecified atom stereocenters. The highest BCUT2D eigenvalue weighted by molar-refractivity contribution is 7.23. The topological polar surface area (TPSA) is 34.1 Å². The third kappa shape index (κ3) is 4.12. The van der Waals surface area contributed by atoms with E-state index in [2.05, 4.69) is 65.4 Å². The fourth-order valence-corrected chi connectivity index (χ4v) is 5.79. The van der Waals surface area contributed by atoms with Gasteiger partial charge in [0.1, 0.15) is 16.7 Å². The molecule has 2 aliphatic rings. The molecule has 0 bridgehead atoms. The lowest BCUT2D eigenvalue weighted by atomic mass is 10.0. The first kappa shape index (κ1) is 21.4. The van der Waals surface area contributed by atoms with Gasteiger partial charge in [-0.25, -0.2) is 9.38 Å². The van der Waals surface area contributed by atoms with Crippen molar-refractivity contribution in [2.45, 2.75) is 18.9 Å². The molecule has 5 rings (SSSR count). The molecule has 7 heteroatoms. The molecule has 0 saturated carbocycles. The van der Waals surface area contributed by atoms with Crippen LogP contribution in [0.15, 0.2) is 47.5 Å². The summed E-state index contributed by atoms with van der Waals surface area (Å²) in [5.74, 6) is 0.749. The second-order valence-corrected chi connectivity index (χ2v) is 10.1. The number of fused-ring (bicyclic) bond motifs is 4. The summed E-state index contributed by atoms with van der Waals surface area (Å²) in [6.07, 6.45) is 2.34. The highest BCUT2D eigenvalue weighted by Gasteiger charge is 2.31. The number of hydrogen-bond donors (Lipinski definition) is 1. The number of piperazine rings is 1. The van der Waals surface area contributed by atoms with Gasteiger partial charge in [0, 0.05) is 35.8 Å². The fourth-order valence-electron chi connectivity index (χ4n) is 4.68. The number of benzene rings is 2. The Morgan fingerprint density at radius 3 is 2.88 bits per heavy atom. The van der Waals surface area contributed by atoms with Gasteiger partial charge in [-0.05, 0) is 64.8 Å². The van der Waals surface area contributed by atoms with Gasteiger partial charge in [0.05, 0.1) is 16.9 Å². The third-order valence-electron chi connectivity index (χ3n) is 6.47. The van der Waals surface area contributed by atoms with E-state index >= 15 is 0 Å². The molecule has 1 fully saturated rings. The summed E-state index contributed by atoms with van der Waals surface area (Å²) in [5, 5.41) is 5.73. The molecule has 3 heterocycles. The molecule has 168 valence electrons. The van der Waals surface area contributed by atoms with E-state index in [1.807, 2.05) is 0 Å². The first-order chi connectivity index (χ1) is 15.5. The van der Waals surface area contributed by atoms with E-state index in [0.717, 1.165) is 60.4 Å². The minimum Gasteiger partial charge on any atom is -0.353 e. The monoisotopic (exact) mass is 451 g/mol. The molecule has 1 atom stereocenters. The molecule has 2 aliphatic heterocycles. The minimum absolute atomic E-state index is 0.252. The Morgan fingerprint density at radius 2 is 2.03 bits per heavy atom. The summed E-state index contributed by atoms with van der Waals surface area (Å²) in [6.45, 7) is 3.99. The van der Waals surface area contributed by atoms with Crippen LogP contribution in [0.2, 0.25) is 0 Å². The van der Waals surface area contributed by atoms with Crippen molar-refractivity contribution in [2.24, 2.45) is 4.99 Å². The Hall–Kier alpha value is -2.48. The van der Waals surface area contributed by atoms with Crippen molar-refractivity contribution in [1.29, 1.82) is 0 Å². The number of likely N-dealkylation sites (N-methyl/N-ethyl adjacent to an activating group) is 1. The van der Waals surface area contributed by atoms with Crippen molar-refractivity contribution in [3.63, 3.8) is 0 Å². The summed E-state index contributed by atoms with van der Waals surface area (Å²) in [5.41, 5.74) is 2.65. The highest BCUT2D eigenvalue weighted by Crippen LogP contribution is 2.43. The van der Waals surface area contributed by atoms with E-state index in [1.54, 1.807) is 23.5 Å². The number of nitrogens with one attached hydrogen (secondary N) is 1. The second kappa shape index (κ2) is 8.81. The largest absolute Gasteiger partial charge is 0.353 e. The zero-order chi connectivity index (χ0) is 22.2. The number of amidine groups is 1. The van der Waals surface area contributed by atoms with Gasteiger partial charge in [-0.15, -0.1) is 11.3 Å². The van der Waals surface area contributed by atoms with Gasteiger partial charge in [0.2, 0.25) is 0 Å². The smallest absolute Gasteiger partial charge is 0.140 e. The van der Waals surface area contributed by atoms with E-state index < -0.39 is 0 Å². The van der Waals surface area contributed by atoms with Crippen LogP contribution in [0.25, 0.3) is 10.1 Å². The molecule has 3 aromatic rings. The molecule has 32 heavy (non-hydrogen) atoms. The van der Waals surface area contributed by atoms with Crippen LogP contribution in [0.3, 0.4) is 0 Å². The number of nitrogens with zero attached hydrogens (tertiary/aromatic N) is 4. The molecular formula is C25H30FN5S. The van der Waals surface area contributed by atoms with Crippen molar-refractivity contribution in [3.05, 3.63) is 53.8 Å². The van der Waals surface area contributed by atoms with E-state index in [0.29, 0.717) is 6.04 Å². The minimum atomic E-state index is -0.252. The van der Waals surface area contributed by atoms with Gasteiger partial charge in [-0.1, -0.05) is 18.2 Å². The molecule has 1 aromatic heterocycles. The van der Waals surface area contributed by atoms with Crippen molar-refractivity contribution < 1.29 is 4.39 Å². The van der Waals surface area contributed by atoms with Gasteiger partial charge in [-0.3, -0.25) is 4.90 Å². The Balaban J connectivity index is 1.54. The van der Waals surface area contributed by atoms with E-state index in [1.165, 1.54) is 22.6 Å². The summed E-state index contributed by atoms with van der Waals surface area (Å²) >= 11 is 1.71. The Morgan fingerprint density at radius 1 is 1.19 bits per heavy atom. The number of hydrogen-bond acceptors (Lipinski definition) is 6. The summed E-state index contributed by atoms with van der Waals surface area (Å²) in [6, 6.07) is 13.8. The maximum absolute atomic E-state index is 14.0. The Kier molecular flexibility index (Phi) is 5.88. The molecule has 1 saturated heterocycles. The van der Waals surface area contributed by atoms with Crippen LogP contribution >= 0.6 is 11.3 Å². The molecule has 0 aliphatic carbocycles. The van der Waals surface area contributed by atoms with Crippen LogP contribution in [0.1, 0.15) is 18.4 Å². The summed E-state index contributed by atoms with van der Waals surface area (Å²) in [4.78, 5) is 12.3. The number of thiophene rings is 1. The fraction of sp³-hybridized carbons (Fsp3) is 0.400. The summed E-state index contributed by atoms with van der Waals surface area (Å²) < 4.78 is 15.2. The predicted octanol–water partition coefficient (Wildman–Crippen LogP) is 5.13. The average Bonchev–Trinajstić information content (AvgIpc) is 3.04. The SMILES string of the molecule is CN(C)CCC[C@H]1CN(C2=Nc3ccc(F)cc3Nc3sc4ccccc4c32)CCN1C. The second-order valence-electron chi connectivity index (χ2n) is 9.05. The van der Waals surface area contributed by atoms with Crippen molar-refractivity contribution in [3.8, 4) is 0 Å². The van der Waals surface area contributed by atoms with Crippen LogP contribution in [0, 0.1) is 5.82 Å². The lowest BCUT2D eigenvalue weighted by Crippen LogP contribution is -2.53. The van der Waals surface area contributed by atoms with Crippen LogP contribution in [-0.2, 0) is 0 Å². The Labute approximate surface area is 193 Å². The van der Waals surface area contributed by atoms with Crippen molar-refractivity contribution >= 4 is 43.6 Å². The Bertz CT molecular complexity index is 1150. The maximum Gasteiger partial charge on any atom is 0.140 e. The van der Waals surface area contributed by atoms with E-state index in [9.17, 15) is 4.39 Å². The van der Waals surface area contributed by atoms with Crippen LogP contribution < -0.4 is 5.32 Å². The normalized spacial score (nSPS) is 18.8. The van der Waals surface area contributed by atoms with Crippen LogP contribution in [0.4, 0.5) is 20.8 Å². The zero-order valence-corrected chi connectivity index (χ0v) is 19.8. The molecule has 2 aromatic carbocycles. The van der Waals surface area contributed by atoms with Gasteiger partial charge in [0.15, 0.2) is 0 Å². The van der Waals surface area contributed by atoms with Gasteiger partial charge in [-0.2, -0.15) is 0 Å². The van der Waals surface area contributed by atoms with E-state index in [-0.39, 0.29) is 5.82 Å². The number of anilines is 2. The first-order valence-corrected chi connectivity index (χ1v) is 12.1. The average molecular weight is 452 g/mol. The molecule has 0 amide bonds. The molecule has 0 radical (unpaired) electrons. The van der Waals surface area contributed by atoms with E-state index in [4.69, 9.17) is 4.99 Å². The zero-order valence-electron chi connectivity index (χ0n) is 18.9. The number of aliphatic imine (C=N–C) groups is 1. The highest BCUT2D eigenvalue weighted by atomic mass is 32.1. The van der Waals surface area contributed by atoms with Gasteiger partial charge >= 0.3 is 0 Å². The maximum atomic E-state index is 14.0. The van der Waals surface area contributed by atoms with Crippen LogP contribution in [-0.4, -0.2) is 73.9 Å².